The molecule has 0 aliphatic carbocycles. The Morgan fingerprint density at radius 2 is 1.64 bits per heavy atom. The number of hydrogen-bond acceptors (Lipinski definition) is 0. The van der Waals surface area contributed by atoms with Crippen molar-refractivity contribution in [2.75, 3.05) is 0 Å². The van der Waals surface area contributed by atoms with Crippen molar-refractivity contribution in [1.82, 2.24) is 0 Å². The molecule has 0 N–H and O–H groups in total. The van der Waals surface area contributed by atoms with Gasteiger partial charge in [-0.3, -0.25) is 0 Å². The third kappa shape index (κ3) is 5.75. The molecule has 0 amide bonds. The minimum Gasteiger partial charge on any atom is -1.00 e. The molecule has 0 spiro atoms. The van der Waals surface area contributed by atoms with Crippen LogP contribution >= 0.6 is 0 Å². The van der Waals surface area contributed by atoms with Gasteiger partial charge in [-0.2, -0.15) is 6.07 Å². The molecule has 3 aromatic carbocycles. The Bertz CT molecular complexity index is 760. The maximum atomic E-state index is 2.40. The van der Waals surface area contributed by atoms with Crippen molar-refractivity contribution < 1.29 is 51.0 Å². The Morgan fingerprint density at radius 1 is 0.960 bits per heavy atom. The summed E-state index contributed by atoms with van der Waals surface area (Å²) in [6.45, 7) is 6.81. The van der Waals surface area contributed by atoms with E-state index in [9.17, 15) is 0 Å². The minimum absolute atomic E-state index is 0. The SMILES string of the molecule is CCCCc1cc2c(-c3ccccc3)cc(C(C)C)cc2[cH-]1.[Cl-].[Cl-].[Zr+3]. The monoisotopic (exact) mass is 449 g/mol. The number of halogens is 2. The van der Waals surface area contributed by atoms with Gasteiger partial charge in [0.2, 0.25) is 0 Å². The van der Waals surface area contributed by atoms with Crippen LogP contribution in [-0.4, -0.2) is 0 Å². The van der Waals surface area contributed by atoms with Crippen molar-refractivity contribution in [2.45, 2.75) is 46.0 Å². The Labute approximate surface area is 183 Å². The van der Waals surface area contributed by atoms with Crippen LogP contribution in [-0.2, 0) is 32.6 Å². The molecular formula is C22H25Cl2Zr. The fraction of sp³-hybridized carbons (Fsp3) is 0.318. The first-order valence-electron chi connectivity index (χ1n) is 8.47. The van der Waals surface area contributed by atoms with E-state index in [4.69, 9.17) is 0 Å². The molecule has 131 valence electrons. The number of rotatable bonds is 5. The van der Waals surface area contributed by atoms with Crippen molar-refractivity contribution >= 4 is 10.8 Å². The van der Waals surface area contributed by atoms with Gasteiger partial charge in [0, 0.05) is 0 Å². The van der Waals surface area contributed by atoms with E-state index in [1.165, 1.54) is 52.3 Å². The average molecular weight is 452 g/mol. The van der Waals surface area contributed by atoms with Crippen molar-refractivity contribution in [1.29, 1.82) is 0 Å². The summed E-state index contributed by atoms with van der Waals surface area (Å²) >= 11 is 0. The molecule has 0 saturated heterocycles. The number of aryl methyl sites for hydroxylation is 1. The maximum Gasteiger partial charge on any atom is 3.00 e. The van der Waals surface area contributed by atoms with Gasteiger partial charge >= 0.3 is 26.2 Å². The minimum atomic E-state index is 0. The standard InChI is InChI=1S/C22H25.2ClH.Zr/c1-4-5-9-17-12-20-14-19(16(2)3)15-22(21(20)13-17)18-10-7-6-8-11-18;;;/h6-8,10-16H,4-5,9H2,1-3H3;2*1H;/q-1;;;+3/p-2. The molecule has 3 heteroatoms. The average Bonchev–Trinajstić information content (AvgIpc) is 2.95. The van der Waals surface area contributed by atoms with Gasteiger partial charge in [-0.25, -0.2) is 0 Å². The fourth-order valence-electron chi connectivity index (χ4n) is 3.12. The molecule has 25 heavy (non-hydrogen) atoms. The molecule has 0 unspecified atom stereocenters. The second-order valence-electron chi connectivity index (χ2n) is 6.56. The van der Waals surface area contributed by atoms with Crippen molar-refractivity contribution in [3.05, 3.63) is 65.7 Å². The van der Waals surface area contributed by atoms with E-state index in [1.54, 1.807) is 0 Å². The third-order valence-corrected chi connectivity index (χ3v) is 4.48. The molecule has 0 saturated carbocycles. The Morgan fingerprint density at radius 3 is 2.24 bits per heavy atom. The first-order valence-corrected chi connectivity index (χ1v) is 8.47. The Kier molecular flexibility index (Phi) is 11.1. The van der Waals surface area contributed by atoms with E-state index in [0.29, 0.717) is 5.92 Å². The van der Waals surface area contributed by atoms with Gasteiger partial charge in [0.05, 0.1) is 0 Å². The molecule has 0 aliphatic heterocycles. The zero-order chi connectivity index (χ0) is 15.5. The topological polar surface area (TPSA) is 0 Å². The second kappa shape index (κ2) is 11.3. The van der Waals surface area contributed by atoms with E-state index >= 15 is 0 Å². The van der Waals surface area contributed by atoms with Crippen LogP contribution in [0.25, 0.3) is 21.9 Å². The number of unbranched alkanes of at least 4 members (excludes halogenated alkanes) is 1. The van der Waals surface area contributed by atoms with E-state index < -0.39 is 0 Å². The fourth-order valence-corrected chi connectivity index (χ4v) is 3.12. The summed E-state index contributed by atoms with van der Waals surface area (Å²) < 4.78 is 0. The summed E-state index contributed by atoms with van der Waals surface area (Å²) in [5.41, 5.74) is 5.61. The molecule has 0 fully saturated rings. The summed E-state index contributed by atoms with van der Waals surface area (Å²) in [6, 6.07) is 20.3. The Balaban J connectivity index is 0.00000192. The number of benzene rings is 2. The van der Waals surface area contributed by atoms with Gasteiger partial charge in [0.25, 0.3) is 0 Å². The van der Waals surface area contributed by atoms with Crippen molar-refractivity contribution in [3.8, 4) is 11.1 Å². The van der Waals surface area contributed by atoms with Crippen LogP contribution in [0.2, 0.25) is 0 Å². The van der Waals surface area contributed by atoms with Gasteiger partial charge in [-0.05, 0) is 17.9 Å². The zero-order valence-electron chi connectivity index (χ0n) is 15.2. The third-order valence-electron chi connectivity index (χ3n) is 4.48. The zero-order valence-corrected chi connectivity index (χ0v) is 19.1. The predicted octanol–water partition coefficient (Wildman–Crippen LogP) is 0.697. The smallest absolute Gasteiger partial charge is 1.00 e. The first-order chi connectivity index (χ1) is 10.7. The second-order valence-corrected chi connectivity index (χ2v) is 6.56. The first kappa shape index (κ1) is 24.5. The van der Waals surface area contributed by atoms with Gasteiger partial charge in [-0.1, -0.05) is 81.1 Å². The van der Waals surface area contributed by atoms with E-state index in [1.807, 2.05) is 0 Å². The van der Waals surface area contributed by atoms with Gasteiger partial charge in [-0.15, -0.1) is 28.5 Å². The van der Waals surface area contributed by atoms with Crippen LogP contribution in [0.15, 0.2) is 54.6 Å². The molecule has 3 aromatic rings. The molecule has 0 bridgehead atoms. The van der Waals surface area contributed by atoms with Crippen LogP contribution in [0.3, 0.4) is 0 Å². The molecule has 1 radical (unpaired) electrons. The number of fused-ring (bicyclic) bond motifs is 1. The maximum absolute atomic E-state index is 2.40. The van der Waals surface area contributed by atoms with Gasteiger partial charge in [0.1, 0.15) is 0 Å². The molecule has 0 aromatic heterocycles. The summed E-state index contributed by atoms with van der Waals surface area (Å²) in [7, 11) is 0. The molecule has 0 atom stereocenters. The van der Waals surface area contributed by atoms with E-state index in [0.717, 1.165) is 0 Å². The van der Waals surface area contributed by atoms with Gasteiger partial charge < -0.3 is 24.8 Å². The largest absolute Gasteiger partial charge is 3.00 e. The predicted molar refractivity (Wildman–Crippen MR) is 97.7 cm³/mol. The van der Waals surface area contributed by atoms with Gasteiger partial charge in [0.15, 0.2) is 0 Å². The molecule has 3 rings (SSSR count). The van der Waals surface area contributed by atoms with Crippen LogP contribution < -0.4 is 24.8 Å². The van der Waals surface area contributed by atoms with Crippen LogP contribution in [0, 0.1) is 0 Å². The van der Waals surface area contributed by atoms with E-state index in [-0.39, 0.29) is 51.0 Å². The summed E-state index contributed by atoms with van der Waals surface area (Å²) in [4.78, 5) is 0. The summed E-state index contributed by atoms with van der Waals surface area (Å²) in [5.74, 6) is 0.556. The molecular weight excluding hydrogens is 426 g/mol. The van der Waals surface area contributed by atoms with Crippen LogP contribution in [0.4, 0.5) is 0 Å². The van der Waals surface area contributed by atoms with Crippen molar-refractivity contribution in [3.63, 3.8) is 0 Å². The molecule has 0 nitrogen and oxygen atoms in total. The number of hydrogen-bond donors (Lipinski definition) is 0. The van der Waals surface area contributed by atoms with Crippen LogP contribution in [0.5, 0.6) is 0 Å². The van der Waals surface area contributed by atoms with Crippen molar-refractivity contribution in [2.24, 2.45) is 0 Å². The molecule has 0 aliphatic rings. The summed E-state index contributed by atoms with van der Waals surface area (Å²) in [5, 5.41) is 2.80. The molecule has 0 heterocycles. The van der Waals surface area contributed by atoms with E-state index in [2.05, 4.69) is 75.4 Å². The normalized spacial score (nSPS) is 10.1. The van der Waals surface area contributed by atoms with Crippen LogP contribution in [0.1, 0.15) is 50.7 Å². The Hall–Kier alpha value is -0.487. The summed E-state index contributed by atoms with van der Waals surface area (Å²) in [6.07, 6.45) is 3.72. The quantitative estimate of drug-likeness (QED) is 0.501.